The second kappa shape index (κ2) is 8.08. The quantitative estimate of drug-likeness (QED) is 0.846. The summed E-state index contributed by atoms with van der Waals surface area (Å²) in [4.78, 5) is 14.7. The van der Waals surface area contributed by atoms with Gasteiger partial charge < -0.3 is 14.9 Å². The molecule has 1 aromatic heterocycles. The topological polar surface area (TPSA) is 78.6 Å². The lowest BCUT2D eigenvalue weighted by Gasteiger charge is -2.34. The Balaban J connectivity index is 1.57. The van der Waals surface area contributed by atoms with Gasteiger partial charge in [0.25, 0.3) is 5.91 Å². The van der Waals surface area contributed by atoms with Gasteiger partial charge in [0.1, 0.15) is 17.5 Å². The number of nitrogens with one attached hydrogen (secondary N) is 1. The molecule has 0 spiro atoms. The molecule has 1 atom stereocenters. The molecule has 1 fully saturated rings. The van der Waals surface area contributed by atoms with Gasteiger partial charge in [-0.25, -0.2) is 0 Å². The second-order valence-electron chi connectivity index (χ2n) is 6.07. The van der Waals surface area contributed by atoms with Crippen LogP contribution in [0.25, 0.3) is 11.3 Å². The molecule has 2 N–H and O–H groups in total. The number of likely N-dealkylation sites (tertiary alicyclic amines) is 1. The largest absolute Gasteiger partial charge is 0.395 e. The molecule has 1 aliphatic heterocycles. The molecule has 0 radical (unpaired) electrons. The lowest BCUT2D eigenvalue weighted by Crippen LogP contribution is -2.45. The van der Waals surface area contributed by atoms with Crippen LogP contribution >= 0.6 is 0 Å². The van der Waals surface area contributed by atoms with Crippen molar-refractivity contribution in [1.82, 2.24) is 15.4 Å². The van der Waals surface area contributed by atoms with Crippen LogP contribution in [0.5, 0.6) is 0 Å². The van der Waals surface area contributed by atoms with Crippen molar-refractivity contribution in [2.24, 2.45) is 0 Å². The van der Waals surface area contributed by atoms with Crippen molar-refractivity contribution in [3.05, 3.63) is 42.2 Å². The molecule has 1 aromatic carbocycles. The third kappa shape index (κ3) is 3.83. The molecular weight excluding hydrogens is 306 g/mol. The van der Waals surface area contributed by atoms with Gasteiger partial charge in [0.05, 0.1) is 6.61 Å². The molecule has 6 nitrogen and oxygen atoms in total. The Morgan fingerprint density at radius 3 is 2.96 bits per heavy atom. The first kappa shape index (κ1) is 16.7. The molecule has 2 aromatic rings. The molecule has 1 aliphatic rings. The van der Waals surface area contributed by atoms with E-state index in [2.05, 4.69) is 15.4 Å². The molecule has 0 bridgehead atoms. The highest BCUT2D eigenvalue weighted by atomic mass is 16.5. The number of benzene rings is 1. The van der Waals surface area contributed by atoms with Gasteiger partial charge in [-0.1, -0.05) is 41.9 Å². The molecule has 0 unspecified atom stereocenters. The van der Waals surface area contributed by atoms with Crippen LogP contribution in [-0.4, -0.2) is 53.4 Å². The fourth-order valence-electron chi connectivity index (χ4n) is 3.17. The zero-order valence-corrected chi connectivity index (χ0v) is 13.6. The summed E-state index contributed by atoms with van der Waals surface area (Å²) in [7, 11) is 0. The summed E-state index contributed by atoms with van der Waals surface area (Å²) in [6.07, 6.45) is 4.72. The SMILES string of the molecule is O=C(NCCN1CCCC[C@H]1CO)c1conc1-c1ccccc1. The molecule has 1 amide bonds. The highest BCUT2D eigenvalue weighted by molar-refractivity contribution is 5.99. The van der Waals surface area contributed by atoms with E-state index in [0.717, 1.165) is 37.9 Å². The summed E-state index contributed by atoms with van der Waals surface area (Å²) >= 11 is 0. The fourth-order valence-corrected chi connectivity index (χ4v) is 3.17. The van der Waals surface area contributed by atoms with Crippen LogP contribution in [0.3, 0.4) is 0 Å². The molecule has 2 heterocycles. The van der Waals surface area contributed by atoms with Crippen LogP contribution in [0.2, 0.25) is 0 Å². The molecule has 1 saturated heterocycles. The number of carbonyl (C=O) groups excluding carboxylic acids is 1. The fraction of sp³-hybridized carbons (Fsp3) is 0.444. The van der Waals surface area contributed by atoms with E-state index in [1.165, 1.54) is 6.26 Å². The molecular formula is C18H23N3O3. The summed E-state index contributed by atoms with van der Waals surface area (Å²) in [5.74, 6) is -0.187. The van der Waals surface area contributed by atoms with Gasteiger partial charge in [0.15, 0.2) is 0 Å². The maximum atomic E-state index is 12.4. The van der Waals surface area contributed by atoms with Gasteiger partial charge >= 0.3 is 0 Å². The van der Waals surface area contributed by atoms with Crippen molar-refractivity contribution < 1.29 is 14.4 Å². The van der Waals surface area contributed by atoms with Crippen LogP contribution in [0.1, 0.15) is 29.6 Å². The zero-order chi connectivity index (χ0) is 16.8. The summed E-state index contributed by atoms with van der Waals surface area (Å²) in [6.45, 7) is 2.43. The Labute approximate surface area is 141 Å². The normalized spacial score (nSPS) is 18.5. The Morgan fingerprint density at radius 2 is 2.17 bits per heavy atom. The van der Waals surface area contributed by atoms with Crippen molar-refractivity contribution >= 4 is 5.91 Å². The number of hydrogen-bond donors (Lipinski definition) is 2. The maximum Gasteiger partial charge on any atom is 0.256 e. The van der Waals surface area contributed by atoms with Crippen LogP contribution < -0.4 is 5.32 Å². The van der Waals surface area contributed by atoms with Crippen molar-refractivity contribution in [1.29, 1.82) is 0 Å². The number of amides is 1. The molecule has 3 rings (SSSR count). The highest BCUT2D eigenvalue weighted by Gasteiger charge is 2.22. The Hall–Kier alpha value is -2.18. The number of aliphatic hydroxyl groups excluding tert-OH is 1. The first-order valence-electron chi connectivity index (χ1n) is 8.42. The molecule has 0 saturated carbocycles. The van der Waals surface area contributed by atoms with E-state index in [9.17, 15) is 9.90 Å². The minimum Gasteiger partial charge on any atom is -0.395 e. The summed E-state index contributed by atoms with van der Waals surface area (Å²) in [5, 5.41) is 16.3. The van der Waals surface area contributed by atoms with Crippen molar-refractivity contribution in [2.45, 2.75) is 25.3 Å². The number of hydrogen-bond acceptors (Lipinski definition) is 5. The first-order valence-corrected chi connectivity index (χ1v) is 8.42. The number of rotatable bonds is 6. The average molecular weight is 329 g/mol. The smallest absolute Gasteiger partial charge is 0.256 e. The number of piperidine rings is 1. The van der Waals surface area contributed by atoms with E-state index in [-0.39, 0.29) is 18.6 Å². The van der Waals surface area contributed by atoms with Crippen LogP contribution in [0.15, 0.2) is 41.1 Å². The van der Waals surface area contributed by atoms with Gasteiger partial charge in [-0.05, 0) is 19.4 Å². The highest BCUT2D eigenvalue weighted by Crippen LogP contribution is 2.21. The number of aliphatic hydroxyl groups is 1. The van der Waals surface area contributed by atoms with E-state index in [4.69, 9.17) is 4.52 Å². The zero-order valence-electron chi connectivity index (χ0n) is 13.6. The predicted octanol–water partition coefficient (Wildman–Crippen LogP) is 1.92. The van der Waals surface area contributed by atoms with Crippen LogP contribution in [0.4, 0.5) is 0 Å². The third-order valence-corrected chi connectivity index (χ3v) is 4.51. The first-order chi connectivity index (χ1) is 11.8. The minimum atomic E-state index is -0.187. The summed E-state index contributed by atoms with van der Waals surface area (Å²) < 4.78 is 5.00. The third-order valence-electron chi connectivity index (χ3n) is 4.51. The van der Waals surface area contributed by atoms with E-state index in [1.54, 1.807) is 0 Å². The van der Waals surface area contributed by atoms with E-state index in [0.29, 0.717) is 17.8 Å². The van der Waals surface area contributed by atoms with Gasteiger partial charge in [0, 0.05) is 24.7 Å². The monoisotopic (exact) mass is 329 g/mol. The number of carbonyl (C=O) groups is 1. The second-order valence-corrected chi connectivity index (χ2v) is 6.07. The molecule has 0 aliphatic carbocycles. The van der Waals surface area contributed by atoms with Crippen molar-refractivity contribution in [3.8, 4) is 11.3 Å². The van der Waals surface area contributed by atoms with Crippen molar-refractivity contribution in [3.63, 3.8) is 0 Å². The lowest BCUT2D eigenvalue weighted by molar-refractivity contribution is 0.0849. The van der Waals surface area contributed by atoms with Crippen LogP contribution in [0, 0.1) is 0 Å². The summed E-state index contributed by atoms with van der Waals surface area (Å²) in [5.41, 5.74) is 1.85. The van der Waals surface area contributed by atoms with Crippen LogP contribution in [-0.2, 0) is 0 Å². The molecule has 6 heteroatoms. The summed E-state index contributed by atoms with van der Waals surface area (Å²) in [6, 6.07) is 9.72. The van der Waals surface area contributed by atoms with Crippen molar-refractivity contribution in [2.75, 3.05) is 26.2 Å². The average Bonchev–Trinajstić information content (AvgIpc) is 3.12. The van der Waals surface area contributed by atoms with Gasteiger partial charge in [-0.15, -0.1) is 0 Å². The Morgan fingerprint density at radius 1 is 1.33 bits per heavy atom. The minimum absolute atomic E-state index is 0.178. The standard InChI is InChI=1S/C18H23N3O3/c22-12-15-8-4-5-10-21(15)11-9-19-18(23)16-13-24-20-17(16)14-6-2-1-3-7-14/h1-3,6-7,13,15,22H,4-5,8-12H2,(H,19,23)/t15-/m0/s1. The van der Waals surface area contributed by atoms with Gasteiger partial charge in [0.2, 0.25) is 0 Å². The lowest BCUT2D eigenvalue weighted by atomic mass is 10.0. The predicted molar refractivity (Wildman–Crippen MR) is 90.6 cm³/mol. The number of nitrogens with zero attached hydrogens (tertiary/aromatic N) is 2. The number of aromatic nitrogens is 1. The Kier molecular flexibility index (Phi) is 5.61. The molecule has 24 heavy (non-hydrogen) atoms. The maximum absolute atomic E-state index is 12.4. The Bertz CT molecular complexity index is 657. The van der Waals surface area contributed by atoms with E-state index in [1.807, 2.05) is 30.3 Å². The van der Waals surface area contributed by atoms with Gasteiger partial charge in [-0.3, -0.25) is 9.69 Å². The molecule has 128 valence electrons. The van der Waals surface area contributed by atoms with Gasteiger partial charge in [-0.2, -0.15) is 0 Å². The van der Waals surface area contributed by atoms with E-state index < -0.39 is 0 Å². The van der Waals surface area contributed by atoms with E-state index >= 15 is 0 Å².